The maximum atomic E-state index is 11.3. The molecule has 1 N–H and O–H groups in total. The molecule has 1 unspecified atom stereocenters. The van der Waals surface area contributed by atoms with Crippen LogP contribution < -0.4 is 5.32 Å². The van der Waals surface area contributed by atoms with Gasteiger partial charge in [0, 0.05) is 38.2 Å². The highest BCUT2D eigenvalue weighted by Crippen LogP contribution is 2.21. The van der Waals surface area contributed by atoms with E-state index in [1.54, 1.807) is 4.68 Å². The molecule has 1 aromatic rings. The van der Waals surface area contributed by atoms with E-state index in [-0.39, 0.29) is 42.4 Å². The van der Waals surface area contributed by atoms with Gasteiger partial charge in [-0.1, -0.05) is 0 Å². The molecule has 1 aliphatic rings. The number of aliphatic imine (C=N–C) groups is 1. The van der Waals surface area contributed by atoms with Gasteiger partial charge in [0.2, 0.25) is 0 Å². The van der Waals surface area contributed by atoms with E-state index < -0.39 is 9.84 Å². The van der Waals surface area contributed by atoms with E-state index in [0.29, 0.717) is 13.2 Å². The predicted octanol–water partition coefficient (Wildman–Crippen LogP) is 0.422. The number of aryl methyl sites for hydroxylation is 1. The zero-order chi connectivity index (χ0) is 16.9. The Morgan fingerprint density at radius 3 is 2.88 bits per heavy atom. The second-order valence-corrected chi connectivity index (χ2v) is 7.88. The minimum absolute atomic E-state index is 0. The summed E-state index contributed by atoms with van der Waals surface area (Å²) in [5.41, 5.74) is 1.03. The lowest BCUT2D eigenvalue weighted by Crippen LogP contribution is -2.48. The van der Waals surface area contributed by atoms with Crippen molar-refractivity contribution in [1.82, 2.24) is 20.0 Å². The molecular weight excluding hydrogens is 445 g/mol. The Balaban J connectivity index is 0.00000288. The van der Waals surface area contributed by atoms with E-state index in [1.807, 2.05) is 26.4 Å². The number of morpholine rings is 1. The highest BCUT2D eigenvalue weighted by atomic mass is 127. The van der Waals surface area contributed by atoms with Gasteiger partial charge in [-0.15, -0.1) is 24.0 Å². The normalized spacial score (nSPS) is 19.0. The summed E-state index contributed by atoms with van der Waals surface area (Å²) in [7, 11) is -1.13. The van der Waals surface area contributed by atoms with Gasteiger partial charge in [0.25, 0.3) is 0 Å². The van der Waals surface area contributed by atoms with Crippen LogP contribution in [0, 0.1) is 0 Å². The Labute approximate surface area is 160 Å². The third kappa shape index (κ3) is 6.55. The van der Waals surface area contributed by atoms with Gasteiger partial charge in [0.1, 0.15) is 15.9 Å². The van der Waals surface area contributed by atoms with Crippen molar-refractivity contribution in [3.63, 3.8) is 0 Å². The zero-order valence-electron chi connectivity index (χ0n) is 14.3. The van der Waals surface area contributed by atoms with Crippen LogP contribution in [0.4, 0.5) is 0 Å². The molecule has 1 saturated heterocycles. The van der Waals surface area contributed by atoms with Gasteiger partial charge in [-0.3, -0.25) is 9.67 Å². The number of sulfone groups is 1. The first-order valence-corrected chi connectivity index (χ1v) is 9.76. The van der Waals surface area contributed by atoms with E-state index in [4.69, 9.17) is 4.74 Å². The first kappa shape index (κ1) is 21.2. The molecule has 0 spiro atoms. The Kier molecular flexibility index (Phi) is 8.43. The average Bonchev–Trinajstić information content (AvgIpc) is 2.92. The number of hydrogen-bond donors (Lipinski definition) is 1. The monoisotopic (exact) mass is 471 g/mol. The molecule has 10 heteroatoms. The molecule has 2 heterocycles. The number of rotatable bonds is 5. The van der Waals surface area contributed by atoms with Gasteiger partial charge in [-0.25, -0.2) is 8.42 Å². The van der Waals surface area contributed by atoms with Crippen LogP contribution in [0.3, 0.4) is 0 Å². The van der Waals surface area contributed by atoms with Crippen molar-refractivity contribution < 1.29 is 13.2 Å². The van der Waals surface area contributed by atoms with Crippen molar-refractivity contribution in [2.45, 2.75) is 13.0 Å². The third-order valence-electron chi connectivity index (χ3n) is 3.52. The number of hydrogen-bond acceptors (Lipinski definition) is 5. The van der Waals surface area contributed by atoms with Gasteiger partial charge in [-0.05, 0) is 6.92 Å². The van der Waals surface area contributed by atoms with E-state index >= 15 is 0 Å². The molecule has 0 radical (unpaired) electrons. The van der Waals surface area contributed by atoms with E-state index in [2.05, 4.69) is 20.3 Å². The summed E-state index contributed by atoms with van der Waals surface area (Å²) in [4.78, 5) is 6.54. The summed E-state index contributed by atoms with van der Waals surface area (Å²) in [6.07, 6.45) is 4.92. The fourth-order valence-electron chi connectivity index (χ4n) is 2.39. The van der Waals surface area contributed by atoms with E-state index in [9.17, 15) is 8.42 Å². The van der Waals surface area contributed by atoms with Crippen molar-refractivity contribution in [3.05, 3.63) is 18.0 Å². The zero-order valence-corrected chi connectivity index (χ0v) is 17.5. The molecule has 1 aliphatic heterocycles. The number of nitrogens with zero attached hydrogens (tertiary/aromatic N) is 4. The van der Waals surface area contributed by atoms with Crippen molar-refractivity contribution in [3.8, 4) is 0 Å². The molecule has 0 bridgehead atoms. The Morgan fingerprint density at radius 2 is 2.29 bits per heavy atom. The van der Waals surface area contributed by atoms with Gasteiger partial charge in [-0.2, -0.15) is 5.10 Å². The topological polar surface area (TPSA) is 88.8 Å². The molecule has 1 fully saturated rings. The van der Waals surface area contributed by atoms with E-state index in [0.717, 1.165) is 24.6 Å². The first-order chi connectivity index (χ1) is 10.9. The summed E-state index contributed by atoms with van der Waals surface area (Å²) in [5.74, 6) is 0.784. The Hall–Kier alpha value is -0.880. The second-order valence-electron chi connectivity index (χ2n) is 5.62. The van der Waals surface area contributed by atoms with Crippen LogP contribution in [0.25, 0.3) is 0 Å². The molecule has 2 rings (SSSR count). The second kappa shape index (κ2) is 9.56. The minimum Gasteiger partial charge on any atom is -0.370 e. The van der Waals surface area contributed by atoms with Gasteiger partial charge >= 0.3 is 0 Å². The lowest BCUT2D eigenvalue weighted by atomic mass is 10.1. The maximum absolute atomic E-state index is 11.3. The SMILES string of the molecule is CCNC(=NCCS(C)(=O)=O)N1CCOC(c2cnn(C)c2)C1.I. The number of halogens is 1. The van der Waals surface area contributed by atoms with Crippen LogP contribution in [0.2, 0.25) is 0 Å². The highest BCUT2D eigenvalue weighted by Gasteiger charge is 2.25. The summed E-state index contributed by atoms with van der Waals surface area (Å²) in [5, 5.41) is 7.40. The summed E-state index contributed by atoms with van der Waals surface area (Å²) >= 11 is 0. The summed E-state index contributed by atoms with van der Waals surface area (Å²) < 4.78 is 30.1. The molecule has 24 heavy (non-hydrogen) atoms. The molecule has 1 atom stereocenters. The molecule has 0 amide bonds. The summed E-state index contributed by atoms with van der Waals surface area (Å²) in [6.45, 7) is 4.96. The predicted molar refractivity (Wildman–Crippen MR) is 105 cm³/mol. The maximum Gasteiger partial charge on any atom is 0.194 e. The smallest absolute Gasteiger partial charge is 0.194 e. The number of guanidine groups is 1. The standard InChI is InChI=1S/C14H25N5O3S.HI/c1-4-15-14(16-5-8-23(3,20)21)19-6-7-22-13(11-19)12-9-17-18(2)10-12;/h9-10,13H,4-8,11H2,1-3H3,(H,15,16);1H. The lowest BCUT2D eigenvalue weighted by molar-refractivity contribution is -0.00802. The van der Waals surface area contributed by atoms with E-state index in [1.165, 1.54) is 6.26 Å². The summed E-state index contributed by atoms with van der Waals surface area (Å²) in [6, 6.07) is 0. The van der Waals surface area contributed by atoms with Crippen LogP contribution in [0.15, 0.2) is 17.4 Å². The average molecular weight is 471 g/mol. The van der Waals surface area contributed by atoms with Crippen molar-refractivity contribution in [2.24, 2.45) is 12.0 Å². The molecule has 138 valence electrons. The molecular formula is C14H26IN5O3S. The van der Waals surface area contributed by atoms with Crippen LogP contribution in [-0.2, 0) is 21.6 Å². The van der Waals surface area contributed by atoms with Gasteiger partial charge in [0.15, 0.2) is 5.96 Å². The lowest BCUT2D eigenvalue weighted by Gasteiger charge is -2.34. The number of ether oxygens (including phenoxy) is 1. The van der Waals surface area contributed by atoms with Crippen molar-refractivity contribution in [1.29, 1.82) is 0 Å². The molecule has 0 aromatic carbocycles. The fraction of sp³-hybridized carbons (Fsp3) is 0.714. The van der Waals surface area contributed by atoms with Crippen molar-refractivity contribution >= 4 is 39.8 Å². The number of nitrogens with one attached hydrogen (secondary N) is 1. The third-order valence-corrected chi connectivity index (χ3v) is 4.45. The van der Waals surface area contributed by atoms with Gasteiger partial charge < -0.3 is 15.0 Å². The molecule has 8 nitrogen and oxygen atoms in total. The molecule has 1 aromatic heterocycles. The first-order valence-electron chi connectivity index (χ1n) is 7.70. The Bertz CT molecular complexity index is 647. The largest absolute Gasteiger partial charge is 0.370 e. The number of aromatic nitrogens is 2. The molecule has 0 saturated carbocycles. The highest BCUT2D eigenvalue weighted by molar-refractivity contribution is 14.0. The van der Waals surface area contributed by atoms with Crippen LogP contribution >= 0.6 is 24.0 Å². The van der Waals surface area contributed by atoms with Crippen LogP contribution in [0.5, 0.6) is 0 Å². The quantitative estimate of drug-likeness (QED) is 0.381. The van der Waals surface area contributed by atoms with Crippen LogP contribution in [0.1, 0.15) is 18.6 Å². The van der Waals surface area contributed by atoms with Gasteiger partial charge in [0.05, 0.1) is 31.6 Å². The minimum atomic E-state index is -3.01. The Morgan fingerprint density at radius 1 is 1.54 bits per heavy atom. The molecule has 0 aliphatic carbocycles. The van der Waals surface area contributed by atoms with Crippen molar-refractivity contribution in [2.75, 3.05) is 44.8 Å². The van der Waals surface area contributed by atoms with Crippen LogP contribution in [-0.4, -0.2) is 73.9 Å². The fourth-order valence-corrected chi connectivity index (χ4v) is 2.82.